The first-order chi connectivity index (χ1) is 11.9. The van der Waals surface area contributed by atoms with Crippen LogP contribution in [-0.4, -0.2) is 24.6 Å². The first-order valence-corrected chi connectivity index (χ1v) is 7.54. The summed E-state index contributed by atoms with van der Waals surface area (Å²) in [6.07, 6.45) is -0.949. The number of hydrogen-bond donors (Lipinski definition) is 1. The van der Waals surface area contributed by atoms with Gasteiger partial charge in [-0.15, -0.1) is 0 Å². The molecule has 25 heavy (non-hydrogen) atoms. The molecule has 7 heteroatoms. The van der Waals surface area contributed by atoms with E-state index in [4.69, 9.17) is 9.47 Å². The Morgan fingerprint density at radius 3 is 2.16 bits per heavy atom. The monoisotopic (exact) mass is 349 g/mol. The normalized spacial score (nSPS) is 11.5. The van der Waals surface area contributed by atoms with Crippen LogP contribution in [0.1, 0.15) is 12.5 Å². The summed E-state index contributed by atoms with van der Waals surface area (Å²) in [4.78, 5) is 23.4. The van der Waals surface area contributed by atoms with E-state index in [0.717, 1.165) is 0 Å². The van der Waals surface area contributed by atoms with Gasteiger partial charge in [-0.25, -0.2) is 13.6 Å². The number of carbonyl (C=O) groups excluding carboxylic acids is 2. The average molecular weight is 349 g/mol. The molecule has 2 aromatic rings. The fourth-order valence-electron chi connectivity index (χ4n) is 1.87. The second-order valence-electron chi connectivity index (χ2n) is 5.22. The van der Waals surface area contributed by atoms with E-state index in [1.54, 1.807) is 12.1 Å². The van der Waals surface area contributed by atoms with Gasteiger partial charge in [0.25, 0.3) is 5.91 Å². The minimum Gasteiger partial charge on any atom is -0.479 e. The van der Waals surface area contributed by atoms with Crippen molar-refractivity contribution in [3.63, 3.8) is 0 Å². The van der Waals surface area contributed by atoms with Gasteiger partial charge in [0.15, 0.2) is 12.7 Å². The fourth-order valence-corrected chi connectivity index (χ4v) is 1.87. The highest BCUT2D eigenvalue weighted by Gasteiger charge is 2.17. The van der Waals surface area contributed by atoms with E-state index in [9.17, 15) is 18.4 Å². The number of hydrogen-bond acceptors (Lipinski definition) is 4. The molecule has 2 rings (SSSR count). The zero-order valence-corrected chi connectivity index (χ0v) is 13.5. The lowest BCUT2D eigenvalue weighted by Gasteiger charge is -2.14. The van der Waals surface area contributed by atoms with Gasteiger partial charge in [0, 0.05) is 6.54 Å². The fraction of sp³-hybridized carbons (Fsp3) is 0.222. The van der Waals surface area contributed by atoms with Crippen LogP contribution in [0.3, 0.4) is 0 Å². The van der Waals surface area contributed by atoms with Gasteiger partial charge >= 0.3 is 5.97 Å². The van der Waals surface area contributed by atoms with Crippen LogP contribution in [0.2, 0.25) is 0 Å². The van der Waals surface area contributed by atoms with Gasteiger partial charge in [0.2, 0.25) is 0 Å². The zero-order chi connectivity index (χ0) is 18.2. The van der Waals surface area contributed by atoms with E-state index in [-0.39, 0.29) is 12.4 Å². The van der Waals surface area contributed by atoms with Crippen molar-refractivity contribution in [1.82, 2.24) is 5.32 Å². The van der Waals surface area contributed by atoms with Crippen molar-refractivity contribution in [3.8, 4) is 5.75 Å². The smallest absolute Gasteiger partial charge is 0.347 e. The zero-order valence-electron chi connectivity index (χ0n) is 13.5. The van der Waals surface area contributed by atoms with E-state index >= 15 is 0 Å². The highest BCUT2D eigenvalue weighted by Crippen LogP contribution is 2.13. The molecule has 2 aromatic carbocycles. The van der Waals surface area contributed by atoms with E-state index < -0.39 is 30.4 Å². The molecule has 1 amide bonds. The van der Waals surface area contributed by atoms with Crippen LogP contribution in [0.5, 0.6) is 5.75 Å². The van der Waals surface area contributed by atoms with Gasteiger partial charge in [0.1, 0.15) is 17.4 Å². The predicted octanol–water partition coefficient (Wildman–Crippen LogP) is 2.59. The summed E-state index contributed by atoms with van der Waals surface area (Å²) in [7, 11) is 0. The van der Waals surface area contributed by atoms with E-state index in [1.807, 2.05) is 0 Å². The van der Waals surface area contributed by atoms with Gasteiger partial charge < -0.3 is 14.8 Å². The summed E-state index contributed by atoms with van der Waals surface area (Å²) in [6, 6.07) is 10.8. The molecule has 0 heterocycles. The summed E-state index contributed by atoms with van der Waals surface area (Å²) in [6.45, 7) is 1.19. The quantitative estimate of drug-likeness (QED) is 0.781. The molecule has 0 spiro atoms. The number of amides is 1. The van der Waals surface area contributed by atoms with Gasteiger partial charge in [-0.3, -0.25) is 4.79 Å². The van der Waals surface area contributed by atoms with Gasteiger partial charge in [-0.1, -0.05) is 12.1 Å². The van der Waals surface area contributed by atoms with Crippen LogP contribution < -0.4 is 10.1 Å². The Hall–Kier alpha value is -2.96. The second kappa shape index (κ2) is 8.77. The molecule has 0 saturated carbocycles. The van der Waals surface area contributed by atoms with Crippen molar-refractivity contribution in [3.05, 3.63) is 65.7 Å². The molecule has 0 aliphatic carbocycles. The molecule has 5 nitrogen and oxygen atoms in total. The summed E-state index contributed by atoms with van der Waals surface area (Å²) in [5.41, 5.74) is 0.717. The maximum atomic E-state index is 12.8. The lowest BCUT2D eigenvalue weighted by Crippen LogP contribution is -2.32. The van der Waals surface area contributed by atoms with Crippen molar-refractivity contribution >= 4 is 11.9 Å². The number of halogens is 2. The van der Waals surface area contributed by atoms with Crippen LogP contribution >= 0.6 is 0 Å². The molecule has 132 valence electrons. The molecular formula is C18H17F2NO4. The van der Waals surface area contributed by atoms with Crippen LogP contribution in [-0.2, 0) is 20.9 Å². The van der Waals surface area contributed by atoms with Crippen LogP contribution in [0, 0.1) is 11.6 Å². The Morgan fingerprint density at radius 2 is 1.56 bits per heavy atom. The van der Waals surface area contributed by atoms with Crippen LogP contribution in [0.25, 0.3) is 0 Å². The lowest BCUT2D eigenvalue weighted by molar-refractivity contribution is -0.154. The first kappa shape index (κ1) is 18.4. The van der Waals surface area contributed by atoms with E-state index in [2.05, 4.69) is 5.32 Å². The highest BCUT2D eigenvalue weighted by molar-refractivity contribution is 5.81. The van der Waals surface area contributed by atoms with E-state index in [0.29, 0.717) is 11.3 Å². The minimum atomic E-state index is -0.949. The third-order valence-corrected chi connectivity index (χ3v) is 3.21. The number of rotatable bonds is 7. The Kier molecular flexibility index (Phi) is 6.45. The molecule has 0 radical (unpaired) electrons. The third kappa shape index (κ3) is 6.21. The lowest BCUT2D eigenvalue weighted by atomic mass is 10.2. The van der Waals surface area contributed by atoms with Crippen molar-refractivity contribution in [2.24, 2.45) is 0 Å². The second-order valence-corrected chi connectivity index (χ2v) is 5.22. The molecule has 0 bridgehead atoms. The number of nitrogens with one attached hydrogen (secondary N) is 1. The maximum absolute atomic E-state index is 12.8. The number of benzene rings is 2. The SMILES string of the molecule is C[C@@H](Oc1ccc(F)cc1)C(=O)OCC(=O)NCc1ccc(F)cc1. The van der Waals surface area contributed by atoms with Crippen LogP contribution in [0.4, 0.5) is 8.78 Å². The summed E-state index contributed by atoms with van der Waals surface area (Å²) in [5, 5.41) is 2.55. The third-order valence-electron chi connectivity index (χ3n) is 3.21. The molecule has 0 fully saturated rings. The Morgan fingerprint density at radius 1 is 1.00 bits per heavy atom. The molecular weight excluding hydrogens is 332 g/mol. The van der Waals surface area contributed by atoms with Gasteiger partial charge in [0.05, 0.1) is 0 Å². The average Bonchev–Trinajstić information content (AvgIpc) is 2.61. The van der Waals surface area contributed by atoms with E-state index in [1.165, 1.54) is 43.3 Å². The molecule has 1 N–H and O–H groups in total. The van der Waals surface area contributed by atoms with Crippen molar-refractivity contribution in [2.45, 2.75) is 19.6 Å². The standard InChI is InChI=1S/C18H17F2NO4/c1-12(25-16-8-6-15(20)7-9-16)18(23)24-11-17(22)21-10-13-2-4-14(19)5-3-13/h2-9,12H,10-11H2,1H3,(H,21,22)/t12-/m1/s1. The molecule has 0 unspecified atom stereocenters. The summed E-state index contributed by atoms with van der Waals surface area (Å²) >= 11 is 0. The maximum Gasteiger partial charge on any atom is 0.347 e. The Labute approximate surface area is 143 Å². The molecule has 0 aliphatic heterocycles. The Balaban J connectivity index is 1.71. The van der Waals surface area contributed by atoms with Gasteiger partial charge in [-0.05, 0) is 48.9 Å². The summed E-state index contributed by atoms with van der Waals surface area (Å²) in [5.74, 6) is -1.68. The predicted molar refractivity (Wildman–Crippen MR) is 85.7 cm³/mol. The minimum absolute atomic E-state index is 0.193. The molecule has 0 aromatic heterocycles. The largest absolute Gasteiger partial charge is 0.479 e. The van der Waals surface area contributed by atoms with Crippen molar-refractivity contribution in [1.29, 1.82) is 0 Å². The van der Waals surface area contributed by atoms with Crippen molar-refractivity contribution in [2.75, 3.05) is 6.61 Å². The molecule has 1 atom stereocenters. The topological polar surface area (TPSA) is 64.6 Å². The first-order valence-electron chi connectivity index (χ1n) is 7.54. The number of ether oxygens (including phenoxy) is 2. The highest BCUT2D eigenvalue weighted by atomic mass is 19.1. The molecule has 0 saturated heterocycles. The number of esters is 1. The van der Waals surface area contributed by atoms with Gasteiger partial charge in [-0.2, -0.15) is 0 Å². The number of carbonyl (C=O) groups is 2. The van der Waals surface area contributed by atoms with Crippen molar-refractivity contribution < 1.29 is 27.8 Å². The summed E-state index contributed by atoms with van der Waals surface area (Å²) < 4.78 is 35.7. The van der Waals surface area contributed by atoms with Crippen LogP contribution in [0.15, 0.2) is 48.5 Å². The molecule has 0 aliphatic rings. The Bertz CT molecular complexity index is 717.